The molecular formula is C32H37N2O5+. The molecule has 0 radical (unpaired) electrons. The molecule has 0 atom stereocenters. The number of carbonyl (C=O) groups excluding carboxylic acids is 1. The van der Waals surface area contributed by atoms with Crippen molar-refractivity contribution in [2.24, 2.45) is 0 Å². The molecule has 0 spiro atoms. The normalized spacial score (nSPS) is 12.0. The maximum atomic E-state index is 11.2. The summed E-state index contributed by atoms with van der Waals surface area (Å²) >= 11 is 0. The summed E-state index contributed by atoms with van der Waals surface area (Å²) < 4.78 is 12.4. The van der Waals surface area contributed by atoms with Gasteiger partial charge in [0.05, 0.1) is 26.9 Å². The molecule has 0 aromatic heterocycles. The lowest BCUT2D eigenvalue weighted by atomic mass is 9.96. The lowest BCUT2D eigenvalue weighted by molar-refractivity contribution is -0.462. The average Bonchev–Trinajstić information content (AvgIpc) is 2.96. The summed E-state index contributed by atoms with van der Waals surface area (Å²) in [5.41, 5.74) is 5.77. The molecule has 204 valence electrons. The van der Waals surface area contributed by atoms with Crippen LogP contribution in [0.1, 0.15) is 24.0 Å². The van der Waals surface area contributed by atoms with Crippen LogP contribution in [0.2, 0.25) is 0 Å². The number of nitrogens with zero attached hydrogens (tertiary/aromatic N) is 2. The number of benzene rings is 2. The molecular weight excluding hydrogens is 492 g/mol. The van der Waals surface area contributed by atoms with Gasteiger partial charge in [0, 0.05) is 48.5 Å². The van der Waals surface area contributed by atoms with Gasteiger partial charge >= 0.3 is 5.97 Å². The van der Waals surface area contributed by atoms with Crippen LogP contribution in [0.25, 0.3) is 5.57 Å². The van der Waals surface area contributed by atoms with Gasteiger partial charge in [-0.2, -0.15) is 0 Å². The molecule has 39 heavy (non-hydrogen) atoms. The Hall–Kier alpha value is -4.12. The zero-order chi connectivity index (χ0) is 28.0. The van der Waals surface area contributed by atoms with E-state index in [9.17, 15) is 15.0 Å². The standard InChI is InChI=1S/C32H37N2O5/c1-33(2)28-13-9-26(10-14-28)31(27-11-15-29(16-12-27)34(20-22-35)21-23-36)19-8-25-6-17-30(18-7-25)39-24-4-5-32(37)38-3/h6-7,9-18,35-36H,4-5,20-24H2,1-3H3/q+1. The molecule has 2 aromatic carbocycles. The minimum absolute atomic E-state index is 0.0140. The first-order valence-corrected chi connectivity index (χ1v) is 13.0. The minimum atomic E-state index is -0.241. The highest BCUT2D eigenvalue weighted by atomic mass is 16.5. The zero-order valence-corrected chi connectivity index (χ0v) is 22.9. The van der Waals surface area contributed by atoms with E-state index in [4.69, 9.17) is 4.74 Å². The molecule has 0 heterocycles. The largest absolute Gasteiger partial charge is 0.494 e. The fourth-order valence-corrected chi connectivity index (χ4v) is 3.97. The van der Waals surface area contributed by atoms with Crippen molar-refractivity contribution >= 4 is 22.9 Å². The van der Waals surface area contributed by atoms with Gasteiger partial charge in [-0.05, 0) is 66.1 Å². The molecule has 0 amide bonds. The number of ether oxygens (including phenoxy) is 2. The van der Waals surface area contributed by atoms with Gasteiger partial charge in [-0.3, -0.25) is 4.79 Å². The van der Waals surface area contributed by atoms with Gasteiger partial charge < -0.3 is 24.6 Å². The predicted octanol–water partition coefficient (Wildman–Crippen LogP) is 3.45. The van der Waals surface area contributed by atoms with Gasteiger partial charge in [0.1, 0.15) is 19.8 Å². The molecule has 1 aliphatic rings. The second kappa shape index (κ2) is 15.3. The molecule has 0 saturated heterocycles. The fraction of sp³-hybridized carbons (Fsp3) is 0.312. The summed E-state index contributed by atoms with van der Waals surface area (Å²) in [5, 5.41) is 18.8. The highest BCUT2D eigenvalue weighted by Crippen LogP contribution is 2.25. The zero-order valence-electron chi connectivity index (χ0n) is 22.9. The first kappa shape index (κ1) is 29.4. The predicted molar refractivity (Wildman–Crippen MR) is 155 cm³/mol. The third-order valence-electron chi connectivity index (χ3n) is 6.14. The number of esters is 1. The van der Waals surface area contributed by atoms with Crippen LogP contribution in [0.15, 0.2) is 78.4 Å². The van der Waals surface area contributed by atoms with E-state index in [1.165, 1.54) is 7.11 Å². The van der Waals surface area contributed by atoms with Crippen molar-refractivity contribution in [3.8, 4) is 17.6 Å². The molecule has 7 nitrogen and oxygen atoms in total. The van der Waals surface area contributed by atoms with Crippen molar-refractivity contribution in [3.05, 3.63) is 89.5 Å². The molecule has 7 heteroatoms. The monoisotopic (exact) mass is 529 g/mol. The second-order valence-electron chi connectivity index (χ2n) is 9.10. The van der Waals surface area contributed by atoms with Crippen molar-refractivity contribution in [2.45, 2.75) is 12.8 Å². The summed E-state index contributed by atoms with van der Waals surface area (Å²) in [5.74, 6) is 7.14. The molecule has 3 rings (SSSR count). The molecule has 2 aromatic rings. The second-order valence-corrected chi connectivity index (χ2v) is 9.10. The van der Waals surface area contributed by atoms with Gasteiger partial charge in [0.25, 0.3) is 0 Å². The van der Waals surface area contributed by atoms with Gasteiger partial charge in [0.2, 0.25) is 0 Å². The highest BCUT2D eigenvalue weighted by Gasteiger charge is 2.11. The Bertz CT molecular complexity index is 1260. The van der Waals surface area contributed by atoms with Gasteiger partial charge in [-0.15, -0.1) is 0 Å². The Morgan fingerprint density at radius 2 is 1.56 bits per heavy atom. The number of carbonyl (C=O) groups is 1. The van der Waals surface area contributed by atoms with E-state index in [0.717, 1.165) is 39.4 Å². The van der Waals surface area contributed by atoms with E-state index < -0.39 is 0 Å². The molecule has 0 saturated carbocycles. The van der Waals surface area contributed by atoms with E-state index in [-0.39, 0.29) is 19.2 Å². The van der Waals surface area contributed by atoms with Crippen molar-refractivity contribution in [1.29, 1.82) is 0 Å². The smallest absolute Gasteiger partial charge is 0.305 e. The van der Waals surface area contributed by atoms with Gasteiger partial charge in [0.15, 0.2) is 5.71 Å². The van der Waals surface area contributed by atoms with E-state index >= 15 is 0 Å². The van der Waals surface area contributed by atoms with Crippen molar-refractivity contribution < 1.29 is 29.1 Å². The summed E-state index contributed by atoms with van der Waals surface area (Å²) in [6.45, 7) is 1.37. The number of hydrogen-bond donors (Lipinski definition) is 2. The summed E-state index contributed by atoms with van der Waals surface area (Å²) in [6, 6.07) is 15.6. The number of hydrogen-bond acceptors (Lipinski definition) is 6. The molecule has 0 bridgehead atoms. The van der Waals surface area contributed by atoms with Crippen LogP contribution in [-0.2, 0) is 9.53 Å². The number of allylic oxidation sites excluding steroid dienone is 6. The maximum absolute atomic E-state index is 11.2. The Kier molecular flexibility index (Phi) is 11.6. The van der Waals surface area contributed by atoms with Crippen LogP contribution in [0, 0.1) is 11.8 Å². The van der Waals surface area contributed by atoms with E-state index in [1.807, 2.05) is 67.5 Å². The van der Waals surface area contributed by atoms with Gasteiger partial charge in [-0.1, -0.05) is 24.0 Å². The van der Waals surface area contributed by atoms with Gasteiger partial charge in [-0.25, -0.2) is 4.58 Å². The molecule has 1 aliphatic carbocycles. The van der Waals surface area contributed by atoms with Crippen LogP contribution in [0.4, 0.5) is 5.69 Å². The van der Waals surface area contributed by atoms with Crippen LogP contribution in [-0.4, -0.2) is 80.6 Å². The third-order valence-corrected chi connectivity index (χ3v) is 6.14. The fourth-order valence-electron chi connectivity index (χ4n) is 3.97. The molecule has 0 aliphatic heterocycles. The molecule has 0 unspecified atom stereocenters. The first-order chi connectivity index (χ1) is 18.9. The number of anilines is 1. The molecule has 0 fully saturated rings. The quantitative estimate of drug-likeness (QED) is 0.201. The Morgan fingerprint density at radius 3 is 2.13 bits per heavy atom. The number of rotatable bonds is 11. The van der Waals surface area contributed by atoms with Crippen molar-refractivity contribution in [1.82, 2.24) is 0 Å². The summed E-state index contributed by atoms with van der Waals surface area (Å²) in [4.78, 5) is 13.2. The average molecular weight is 530 g/mol. The summed E-state index contributed by atoms with van der Waals surface area (Å²) in [7, 11) is 5.40. The maximum Gasteiger partial charge on any atom is 0.305 e. The first-order valence-electron chi connectivity index (χ1n) is 13.0. The number of aliphatic hydroxyl groups is 2. The summed E-state index contributed by atoms with van der Waals surface area (Å²) in [6.07, 6.45) is 9.21. The number of methoxy groups -OCH3 is 1. The Morgan fingerprint density at radius 1 is 0.923 bits per heavy atom. The van der Waals surface area contributed by atoms with Crippen LogP contribution < -0.4 is 9.64 Å². The van der Waals surface area contributed by atoms with Crippen molar-refractivity contribution in [3.63, 3.8) is 0 Å². The third kappa shape index (κ3) is 8.99. The Balaban J connectivity index is 1.84. The minimum Gasteiger partial charge on any atom is -0.494 e. The Labute approximate surface area is 231 Å². The van der Waals surface area contributed by atoms with E-state index in [1.54, 1.807) is 0 Å². The van der Waals surface area contributed by atoms with Crippen LogP contribution in [0.3, 0.4) is 0 Å². The topological polar surface area (TPSA) is 82.2 Å². The van der Waals surface area contributed by atoms with Crippen molar-refractivity contribution in [2.75, 3.05) is 59.0 Å². The van der Waals surface area contributed by atoms with E-state index in [0.29, 0.717) is 32.5 Å². The molecule has 2 N–H and O–H groups in total. The lowest BCUT2D eigenvalue weighted by Crippen LogP contribution is -2.29. The number of aliphatic hydroxyl groups excluding tert-OH is 2. The van der Waals surface area contributed by atoms with Crippen LogP contribution in [0.5, 0.6) is 5.75 Å². The highest BCUT2D eigenvalue weighted by molar-refractivity contribution is 6.04. The van der Waals surface area contributed by atoms with E-state index in [2.05, 4.69) is 45.5 Å². The SMILES string of the molecule is COC(=O)CCCOc1ccc(C#CC(=C2C=CC(=[N+](C)C)C=C2)c2ccc(N(CCO)CCO)cc2)cc1. The van der Waals surface area contributed by atoms with Crippen LogP contribution >= 0.6 is 0 Å². The lowest BCUT2D eigenvalue weighted by Gasteiger charge is -2.23.